The van der Waals surface area contributed by atoms with Crippen molar-refractivity contribution in [3.05, 3.63) is 0 Å². The van der Waals surface area contributed by atoms with Gasteiger partial charge in [-0.1, -0.05) is 80.6 Å². The van der Waals surface area contributed by atoms with E-state index in [1.807, 2.05) is 13.8 Å². The largest absolute Gasteiger partial charge is 0.0683 e. The van der Waals surface area contributed by atoms with Gasteiger partial charge in [0.15, 0.2) is 0 Å². The monoisotopic (exact) mass is 188 g/mol. The zero-order chi connectivity index (χ0) is 11.1. The lowest BCUT2D eigenvalue weighted by Crippen LogP contribution is -1.85. The van der Waals surface area contributed by atoms with E-state index in [0.717, 1.165) is 5.92 Å². The Kier molecular flexibility index (Phi) is 32.7. The van der Waals surface area contributed by atoms with Crippen LogP contribution in [0.2, 0.25) is 0 Å². The van der Waals surface area contributed by atoms with Crippen LogP contribution in [-0.2, 0) is 0 Å². The van der Waals surface area contributed by atoms with Crippen molar-refractivity contribution in [3.63, 3.8) is 0 Å². The minimum Gasteiger partial charge on any atom is -0.0683 e. The van der Waals surface area contributed by atoms with Crippen LogP contribution in [0.15, 0.2) is 0 Å². The Morgan fingerprint density at radius 3 is 0.846 bits per heavy atom. The third kappa shape index (κ3) is 75.0. The van der Waals surface area contributed by atoms with Gasteiger partial charge in [0.1, 0.15) is 0 Å². The van der Waals surface area contributed by atoms with E-state index < -0.39 is 0 Å². The van der Waals surface area contributed by atoms with Crippen LogP contribution in [0.1, 0.15) is 80.6 Å². The summed E-state index contributed by atoms with van der Waals surface area (Å²) < 4.78 is 0. The van der Waals surface area contributed by atoms with Crippen molar-refractivity contribution in [1.82, 2.24) is 0 Å². The molecule has 0 radical (unpaired) electrons. The zero-order valence-electron chi connectivity index (χ0n) is 11.1. The molecule has 0 heterocycles. The Bertz CT molecular complexity index is 35.2. The maximum Gasteiger partial charge on any atom is -0.0500 e. The van der Waals surface area contributed by atoms with Gasteiger partial charge in [0.25, 0.3) is 0 Å². The number of hydrogen-bond donors (Lipinski definition) is 0. The van der Waals surface area contributed by atoms with Gasteiger partial charge in [-0.15, -0.1) is 0 Å². The average molecular weight is 188 g/mol. The summed E-state index contributed by atoms with van der Waals surface area (Å²) in [6.07, 6.45) is 7.25. The second kappa shape index (κ2) is 22.7. The quantitative estimate of drug-likeness (QED) is 0.460. The first-order valence-electron chi connectivity index (χ1n) is 6.15. The predicted molar refractivity (Wildman–Crippen MR) is 66.3 cm³/mol. The van der Waals surface area contributed by atoms with Crippen molar-refractivity contribution in [2.24, 2.45) is 5.92 Å². The molecule has 0 spiro atoms. The Balaban J connectivity index is -0.000000107. The SMILES string of the molecule is C1CCC1.CC.CC(C)C.CCC. The van der Waals surface area contributed by atoms with Gasteiger partial charge in [-0.25, -0.2) is 0 Å². The molecule has 0 atom stereocenters. The third-order valence-electron chi connectivity index (χ3n) is 1.000. The first kappa shape index (κ1) is 18.7. The van der Waals surface area contributed by atoms with Crippen LogP contribution in [0.5, 0.6) is 0 Å². The molecule has 0 aromatic rings. The molecule has 0 unspecified atom stereocenters. The summed E-state index contributed by atoms with van der Waals surface area (Å²) in [6.45, 7) is 14.7. The molecule has 0 N–H and O–H groups in total. The topological polar surface area (TPSA) is 0 Å². The highest BCUT2D eigenvalue weighted by Crippen LogP contribution is 2.15. The summed E-state index contributed by atoms with van der Waals surface area (Å²) in [4.78, 5) is 0. The van der Waals surface area contributed by atoms with Crippen LogP contribution >= 0.6 is 0 Å². The lowest BCUT2D eigenvalue weighted by Gasteiger charge is -2.05. The summed E-state index contributed by atoms with van der Waals surface area (Å²) in [6, 6.07) is 0. The molecule has 0 aromatic carbocycles. The Morgan fingerprint density at radius 1 is 0.769 bits per heavy atom. The Morgan fingerprint density at radius 2 is 0.846 bits per heavy atom. The molecular formula is C13H32. The van der Waals surface area contributed by atoms with E-state index in [-0.39, 0.29) is 0 Å². The second-order valence-corrected chi connectivity index (χ2v) is 3.85. The lowest BCUT2D eigenvalue weighted by atomic mass is 10.0. The maximum absolute atomic E-state index is 2.17. The normalized spacial score (nSPS) is 12.0. The van der Waals surface area contributed by atoms with Crippen molar-refractivity contribution in [2.75, 3.05) is 0 Å². The number of hydrogen-bond acceptors (Lipinski definition) is 0. The van der Waals surface area contributed by atoms with Gasteiger partial charge in [0, 0.05) is 0 Å². The van der Waals surface area contributed by atoms with E-state index in [9.17, 15) is 0 Å². The second-order valence-electron chi connectivity index (χ2n) is 3.85. The van der Waals surface area contributed by atoms with Crippen molar-refractivity contribution in [2.45, 2.75) is 80.6 Å². The average Bonchev–Trinajstić information content (AvgIpc) is 1.87. The first-order chi connectivity index (χ1) is 6.15. The highest BCUT2D eigenvalue weighted by Gasteiger charge is 1.95. The van der Waals surface area contributed by atoms with Gasteiger partial charge < -0.3 is 0 Å². The predicted octanol–water partition coefficient (Wildman–Crippen LogP) is 5.67. The standard InChI is InChI=1S/C4H8.C4H10.C3H8.C2H6/c1-2-4-3-1;1-4(2)3;1-3-2;1-2/h1-4H2;4H,1-3H3;3H2,1-2H3;1-2H3. The van der Waals surface area contributed by atoms with E-state index in [1.54, 1.807) is 0 Å². The van der Waals surface area contributed by atoms with Crippen molar-refractivity contribution < 1.29 is 0 Å². The summed E-state index contributed by atoms with van der Waals surface area (Å²) in [5, 5.41) is 0. The van der Waals surface area contributed by atoms with Crippen LogP contribution in [-0.4, -0.2) is 0 Å². The fraction of sp³-hybridized carbons (Fsp3) is 1.00. The summed E-state index contributed by atoms with van der Waals surface area (Å²) >= 11 is 0. The highest BCUT2D eigenvalue weighted by molar-refractivity contribution is 4.50. The smallest absolute Gasteiger partial charge is 0.0500 e. The minimum absolute atomic E-state index is 0.833. The molecular weight excluding hydrogens is 156 g/mol. The van der Waals surface area contributed by atoms with Gasteiger partial charge in [-0.2, -0.15) is 0 Å². The van der Waals surface area contributed by atoms with Crippen molar-refractivity contribution in [1.29, 1.82) is 0 Å². The van der Waals surface area contributed by atoms with Gasteiger partial charge in [-0.3, -0.25) is 0 Å². The van der Waals surface area contributed by atoms with Gasteiger partial charge in [0.05, 0.1) is 0 Å². The van der Waals surface area contributed by atoms with E-state index in [0.29, 0.717) is 0 Å². The van der Waals surface area contributed by atoms with Crippen LogP contribution in [0, 0.1) is 5.92 Å². The Hall–Kier alpha value is 0. The van der Waals surface area contributed by atoms with Gasteiger partial charge in [-0.05, 0) is 5.92 Å². The Labute approximate surface area is 87.1 Å². The van der Waals surface area contributed by atoms with E-state index in [2.05, 4.69) is 34.6 Å². The fourth-order valence-corrected chi connectivity index (χ4v) is 0.250. The molecule has 1 rings (SSSR count). The number of rotatable bonds is 0. The maximum atomic E-state index is 2.17. The van der Waals surface area contributed by atoms with E-state index in [1.165, 1.54) is 32.1 Å². The highest BCUT2D eigenvalue weighted by atomic mass is 14.0. The molecule has 1 saturated carbocycles. The van der Waals surface area contributed by atoms with Crippen LogP contribution < -0.4 is 0 Å². The van der Waals surface area contributed by atoms with Crippen molar-refractivity contribution >= 4 is 0 Å². The molecule has 1 aliphatic rings. The molecule has 13 heavy (non-hydrogen) atoms. The third-order valence-corrected chi connectivity index (χ3v) is 1.000. The molecule has 0 saturated heterocycles. The summed E-state index contributed by atoms with van der Waals surface area (Å²) in [7, 11) is 0. The lowest BCUT2D eigenvalue weighted by molar-refractivity contribution is 0.504. The molecule has 0 aromatic heterocycles. The van der Waals surface area contributed by atoms with Crippen molar-refractivity contribution in [3.8, 4) is 0 Å². The molecule has 0 amide bonds. The molecule has 1 fully saturated rings. The van der Waals surface area contributed by atoms with Crippen LogP contribution in [0.3, 0.4) is 0 Å². The van der Waals surface area contributed by atoms with Crippen LogP contribution in [0.25, 0.3) is 0 Å². The van der Waals surface area contributed by atoms with Crippen LogP contribution in [0.4, 0.5) is 0 Å². The molecule has 0 aliphatic heterocycles. The zero-order valence-corrected chi connectivity index (χ0v) is 11.1. The summed E-state index contributed by atoms with van der Waals surface area (Å²) in [5.41, 5.74) is 0. The molecule has 0 heteroatoms. The first-order valence-corrected chi connectivity index (χ1v) is 6.15. The summed E-state index contributed by atoms with van der Waals surface area (Å²) in [5.74, 6) is 0.833. The van der Waals surface area contributed by atoms with E-state index in [4.69, 9.17) is 0 Å². The molecule has 1 aliphatic carbocycles. The van der Waals surface area contributed by atoms with Gasteiger partial charge >= 0.3 is 0 Å². The molecule has 0 bridgehead atoms. The van der Waals surface area contributed by atoms with E-state index >= 15 is 0 Å². The molecule has 0 nitrogen and oxygen atoms in total. The fourth-order valence-electron chi connectivity index (χ4n) is 0.250. The van der Waals surface area contributed by atoms with Gasteiger partial charge in [0.2, 0.25) is 0 Å². The molecule has 84 valence electrons. The minimum atomic E-state index is 0.833.